The van der Waals surface area contributed by atoms with Crippen LogP contribution in [0, 0.1) is 29.1 Å². The smallest absolute Gasteiger partial charge is 0.496 e. The summed E-state index contributed by atoms with van der Waals surface area (Å²) in [4.78, 5) is 13.5. The van der Waals surface area contributed by atoms with Gasteiger partial charge in [0.25, 0.3) is 0 Å². The number of piperidine rings is 1. The highest BCUT2D eigenvalue weighted by Gasteiger charge is 2.52. The number of quaternary nitrogens is 1. The molecule has 1 fully saturated rings. The molecule has 3 rings (SSSR count). The molecule has 0 radical (unpaired) electrons. The van der Waals surface area contributed by atoms with Gasteiger partial charge in [0, 0.05) is 17.4 Å². The normalized spacial score (nSPS) is 22.1. The van der Waals surface area contributed by atoms with Crippen molar-refractivity contribution in [2.45, 2.75) is 70.9 Å². The van der Waals surface area contributed by atoms with E-state index in [1.165, 1.54) is 0 Å². The molecule has 1 amide bonds. The van der Waals surface area contributed by atoms with Crippen molar-refractivity contribution in [1.82, 2.24) is 0 Å². The van der Waals surface area contributed by atoms with Crippen LogP contribution in [-0.4, -0.2) is 29.9 Å². The Kier molecular flexibility index (Phi) is 8.14. The van der Waals surface area contributed by atoms with E-state index in [1.54, 1.807) is 7.11 Å². The van der Waals surface area contributed by atoms with Crippen molar-refractivity contribution < 1.29 is 18.9 Å². The van der Waals surface area contributed by atoms with E-state index in [0.29, 0.717) is 13.0 Å². The standard InChI is InChI=1S/C30H38N3O3/c1-29(2,3)36-28(34)33(32)19-10-14-23(27(33)22-12-8-7-9-13-22)20-24-21-25(15-16-26(24)35-6)30(4,5)17-11-18-31/h7-9,12-13,15-16,21,23,27H,10,14,19-20,32H2,1-6H3/q+1/t23-,27+,33?/m0/s1. The van der Waals surface area contributed by atoms with Crippen LogP contribution in [0.15, 0.2) is 48.5 Å². The lowest BCUT2D eigenvalue weighted by Crippen LogP contribution is -2.65. The second kappa shape index (κ2) is 10.7. The number of methoxy groups -OCH3 is 1. The highest BCUT2D eigenvalue weighted by Crippen LogP contribution is 2.43. The van der Waals surface area contributed by atoms with E-state index in [4.69, 9.17) is 20.6 Å². The van der Waals surface area contributed by atoms with Gasteiger partial charge >= 0.3 is 6.09 Å². The fourth-order valence-electron chi connectivity index (χ4n) is 5.11. The lowest BCUT2D eigenvalue weighted by Gasteiger charge is -2.44. The number of ether oxygens (including phenoxy) is 2. The zero-order valence-electron chi connectivity index (χ0n) is 22.3. The van der Waals surface area contributed by atoms with E-state index in [9.17, 15) is 4.79 Å². The fraction of sp³-hybridized carbons (Fsp3) is 0.467. The summed E-state index contributed by atoms with van der Waals surface area (Å²) in [5.74, 6) is 13.4. The molecule has 3 atom stereocenters. The number of hydrogen-bond donors (Lipinski definition) is 1. The number of carbonyl (C=O) groups excluding carboxylic acids is 1. The summed E-state index contributed by atoms with van der Waals surface area (Å²) in [6, 6.07) is 17.7. The molecule has 0 aliphatic carbocycles. The quantitative estimate of drug-likeness (QED) is 0.248. The average Bonchev–Trinajstić information content (AvgIpc) is 2.82. The Morgan fingerprint density at radius 3 is 2.44 bits per heavy atom. The van der Waals surface area contributed by atoms with Crippen LogP contribution in [-0.2, 0) is 16.6 Å². The van der Waals surface area contributed by atoms with Crippen LogP contribution in [0.5, 0.6) is 5.75 Å². The molecule has 1 heterocycles. The molecule has 0 spiro atoms. The van der Waals surface area contributed by atoms with Gasteiger partial charge in [0.2, 0.25) is 0 Å². The summed E-state index contributed by atoms with van der Waals surface area (Å²) in [5.41, 5.74) is 1.93. The Morgan fingerprint density at radius 2 is 1.83 bits per heavy atom. The zero-order valence-corrected chi connectivity index (χ0v) is 22.3. The lowest BCUT2D eigenvalue weighted by molar-refractivity contribution is -0.911. The van der Waals surface area contributed by atoms with Crippen LogP contribution in [0.4, 0.5) is 4.79 Å². The number of benzene rings is 2. The van der Waals surface area contributed by atoms with Crippen LogP contribution < -0.4 is 10.6 Å². The van der Waals surface area contributed by atoms with Crippen molar-refractivity contribution in [2.24, 2.45) is 11.8 Å². The first kappa shape index (κ1) is 27.3. The number of hydrogen-bond acceptors (Lipinski definition) is 5. The number of likely N-dealkylation sites (tertiary alicyclic amines) is 1. The maximum absolute atomic E-state index is 13.5. The molecule has 1 aliphatic heterocycles. The second-order valence-corrected chi connectivity index (χ2v) is 11.1. The maximum atomic E-state index is 13.5. The first-order chi connectivity index (χ1) is 16.9. The molecular weight excluding hydrogens is 450 g/mol. The highest BCUT2D eigenvalue weighted by molar-refractivity contribution is 5.60. The maximum Gasteiger partial charge on any atom is 0.536 e. The molecule has 2 aromatic rings. The van der Waals surface area contributed by atoms with Gasteiger partial charge in [-0.2, -0.15) is 15.9 Å². The van der Waals surface area contributed by atoms with E-state index >= 15 is 0 Å². The van der Waals surface area contributed by atoms with Crippen LogP contribution in [0.2, 0.25) is 0 Å². The SMILES string of the molecule is COc1ccc(C(C)(C)C#CC#N)cc1C[C@@H]1CCC[N+](N)(C(=O)OC(C)(C)C)[C@@H]1c1ccccc1. The van der Waals surface area contributed by atoms with Gasteiger partial charge in [-0.1, -0.05) is 48.4 Å². The molecule has 2 N–H and O–H groups in total. The van der Waals surface area contributed by atoms with E-state index < -0.39 is 17.1 Å². The number of carbonyl (C=O) groups is 1. The number of nitrogens with zero attached hydrogens (tertiary/aromatic N) is 2. The topological polar surface area (TPSA) is 85.3 Å². The Morgan fingerprint density at radius 1 is 1.14 bits per heavy atom. The molecule has 6 heteroatoms. The number of nitriles is 1. The Labute approximate surface area is 215 Å². The van der Waals surface area contributed by atoms with Gasteiger partial charge in [-0.15, -0.1) is 4.59 Å². The molecule has 190 valence electrons. The van der Waals surface area contributed by atoms with Crippen LogP contribution in [0.3, 0.4) is 0 Å². The zero-order chi connectivity index (χ0) is 26.6. The second-order valence-electron chi connectivity index (χ2n) is 11.1. The van der Waals surface area contributed by atoms with E-state index in [1.807, 2.05) is 83.2 Å². The molecule has 2 aromatic carbocycles. The van der Waals surface area contributed by atoms with E-state index in [2.05, 4.69) is 17.9 Å². The summed E-state index contributed by atoms with van der Waals surface area (Å²) in [5, 5.41) is 8.94. The predicted octanol–water partition coefficient (Wildman–Crippen LogP) is 5.82. The molecule has 1 unspecified atom stereocenters. The Bertz CT molecular complexity index is 1180. The van der Waals surface area contributed by atoms with E-state index in [-0.39, 0.29) is 16.6 Å². The van der Waals surface area contributed by atoms with Crippen molar-refractivity contribution in [3.05, 3.63) is 65.2 Å². The molecule has 6 nitrogen and oxygen atoms in total. The third kappa shape index (κ3) is 6.08. The molecular formula is C30H38N3O3+. The summed E-state index contributed by atoms with van der Waals surface area (Å²) in [6.45, 7) is 10.1. The lowest BCUT2D eigenvalue weighted by atomic mass is 9.78. The van der Waals surface area contributed by atoms with E-state index in [0.717, 1.165) is 35.3 Å². The monoisotopic (exact) mass is 488 g/mol. The molecule has 0 aromatic heterocycles. The van der Waals surface area contributed by atoms with Crippen LogP contribution in [0.1, 0.15) is 70.2 Å². The van der Waals surface area contributed by atoms with Crippen molar-refractivity contribution in [3.63, 3.8) is 0 Å². The average molecular weight is 489 g/mol. The Balaban J connectivity index is 2.06. The molecule has 36 heavy (non-hydrogen) atoms. The third-order valence-corrected chi connectivity index (χ3v) is 6.84. The number of nitrogens with two attached hydrogens (primary N) is 1. The molecule has 1 aliphatic rings. The first-order valence-corrected chi connectivity index (χ1v) is 12.4. The van der Waals surface area contributed by atoms with Crippen molar-refractivity contribution in [1.29, 1.82) is 5.26 Å². The van der Waals surface area contributed by atoms with Crippen molar-refractivity contribution in [2.75, 3.05) is 13.7 Å². The first-order valence-electron chi connectivity index (χ1n) is 12.4. The van der Waals surface area contributed by atoms with Gasteiger partial charge in [0.05, 0.1) is 12.5 Å². The molecule has 0 bridgehead atoms. The highest BCUT2D eigenvalue weighted by atomic mass is 16.6. The van der Waals surface area contributed by atoms with Gasteiger partial charge in [-0.05, 0) is 71.1 Å². The minimum atomic E-state index is -0.635. The van der Waals surface area contributed by atoms with Crippen molar-refractivity contribution in [3.8, 4) is 23.7 Å². The Hall–Kier alpha value is -3.32. The minimum Gasteiger partial charge on any atom is -0.496 e. The summed E-state index contributed by atoms with van der Waals surface area (Å²) < 4.78 is 11.3. The molecule has 1 saturated heterocycles. The number of rotatable bonds is 5. The predicted molar refractivity (Wildman–Crippen MR) is 141 cm³/mol. The van der Waals surface area contributed by atoms with Gasteiger partial charge in [-0.3, -0.25) is 0 Å². The van der Waals surface area contributed by atoms with Gasteiger partial charge in [-0.25, -0.2) is 0 Å². The van der Waals surface area contributed by atoms with Crippen LogP contribution in [0.25, 0.3) is 0 Å². The minimum absolute atomic E-state index is 0.0797. The summed E-state index contributed by atoms with van der Waals surface area (Å²) in [6.07, 6.45) is 2.00. The fourth-order valence-corrected chi connectivity index (χ4v) is 5.11. The van der Waals surface area contributed by atoms with Gasteiger partial charge < -0.3 is 9.47 Å². The van der Waals surface area contributed by atoms with Crippen LogP contribution >= 0.6 is 0 Å². The number of amides is 1. The van der Waals surface area contributed by atoms with Gasteiger partial charge in [0.15, 0.2) is 6.07 Å². The summed E-state index contributed by atoms with van der Waals surface area (Å²) in [7, 11) is 1.67. The van der Waals surface area contributed by atoms with Gasteiger partial charge in [0.1, 0.15) is 23.9 Å². The largest absolute Gasteiger partial charge is 0.536 e. The third-order valence-electron chi connectivity index (χ3n) is 6.84. The summed E-state index contributed by atoms with van der Waals surface area (Å²) >= 11 is 0. The van der Waals surface area contributed by atoms with Crippen molar-refractivity contribution >= 4 is 6.09 Å². The molecule has 0 saturated carbocycles.